The number of rotatable bonds is 3. The third-order valence-electron chi connectivity index (χ3n) is 7.08. The van der Waals surface area contributed by atoms with Crippen LogP contribution in [0.2, 0.25) is 0 Å². The first-order valence-corrected chi connectivity index (χ1v) is 9.13. The maximum absolute atomic E-state index is 11.8. The van der Waals surface area contributed by atoms with Crippen LogP contribution < -0.4 is 0 Å². The summed E-state index contributed by atoms with van der Waals surface area (Å²) in [5.74, 6) is -0.830. The summed E-state index contributed by atoms with van der Waals surface area (Å²) in [5, 5.41) is 10.9. The highest BCUT2D eigenvalue weighted by molar-refractivity contribution is 5.67. The Kier molecular flexibility index (Phi) is 3.82. The molecule has 2 aliphatic carbocycles. The largest absolute Gasteiger partial charge is 0.465 e. The van der Waals surface area contributed by atoms with Gasteiger partial charge in [-0.2, -0.15) is 0 Å². The molecule has 3 fully saturated rings. The van der Waals surface area contributed by atoms with Crippen molar-refractivity contribution in [2.45, 2.75) is 70.6 Å². The second-order valence-corrected chi connectivity index (χ2v) is 8.33. The van der Waals surface area contributed by atoms with E-state index in [1.165, 1.54) is 19.4 Å². The van der Waals surface area contributed by atoms with Gasteiger partial charge in [0.1, 0.15) is 30.5 Å². The molecule has 4 aliphatic rings. The molecule has 0 aromatic carbocycles. The number of epoxide rings is 1. The standard InChI is InChI=1S/C19H26O7/c1-10-5-6-18(8-23-11(2)20)13(7-10)26-16-14(22)15(25-12(3)21)17(18,4)19(16)9-24-19/h7,13-16,22H,5-6,8-9H2,1-4H3/t13?,14-,15-,16-,17-,18?,19+/m1/s1. The minimum atomic E-state index is -0.986. The van der Waals surface area contributed by atoms with E-state index < -0.39 is 40.7 Å². The predicted molar refractivity (Wildman–Crippen MR) is 89.1 cm³/mol. The van der Waals surface area contributed by atoms with Gasteiger partial charge in [-0.15, -0.1) is 0 Å². The van der Waals surface area contributed by atoms with Crippen molar-refractivity contribution in [2.75, 3.05) is 13.2 Å². The van der Waals surface area contributed by atoms with Crippen LogP contribution in [0.1, 0.15) is 40.5 Å². The molecule has 1 saturated carbocycles. The Morgan fingerprint density at radius 2 is 2.04 bits per heavy atom. The Morgan fingerprint density at radius 1 is 1.35 bits per heavy atom. The number of allylic oxidation sites excluding steroid dienone is 1. The second-order valence-electron chi connectivity index (χ2n) is 8.33. The van der Waals surface area contributed by atoms with Crippen LogP contribution >= 0.6 is 0 Å². The molecule has 2 unspecified atom stereocenters. The van der Waals surface area contributed by atoms with Crippen molar-refractivity contribution >= 4 is 11.9 Å². The summed E-state index contributed by atoms with van der Waals surface area (Å²) < 4.78 is 23.3. The van der Waals surface area contributed by atoms with E-state index in [2.05, 4.69) is 6.08 Å². The van der Waals surface area contributed by atoms with Gasteiger partial charge in [0.15, 0.2) is 0 Å². The van der Waals surface area contributed by atoms with E-state index in [1.54, 1.807) is 0 Å². The van der Waals surface area contributed by atoms with Gasteiger partial charge in [-0.05, 0) is 19.8 Å². The second kappa shape index (κ2) is 5.53. The molecule has 7 nitrogen and oxygen atoms in total. The molecule has 2 heterocycles. The summed E-state index contributed by atoms with van der Waals surface area (Å²) in [4.78, 5) is 23.4. The zero-order valence-electron chi connectivity index (χ0n) is 15.6. The fraction of sp³-hybridized carbons (Fsp3) is 0.789. The van der Waals surface area contributed by atoms with Crippen LogP contribution in [0.3, 0.4) is 0 Å². The van der Waals surface area contributed by atoms with Crippen LogP contribution in [0.4, 0.5) is 0 Å². The van der Waals surface area contributed by atoms with Gasteiger partial charge in [0.05, 0.1) is 18.1 Å². The average Bonchev–Trinajstić information content (AvgIpc) is 3.34. The lowest BCUT2D eigenvalue weighted by atomic mass is 9.51. The lowest BCUT2D eigenvalue weighted by Gasteiger charge is -2.58. The first-order valence-electron chi connectivity index (χ1n) is 9.13. The summed E-state index contributed by atoms with van der Waals surface area (Å²) in [7, 11) is 0. The third kappa shape index (κ3) is 2.05. The lowest BCUT2D eigenvalue weighted by molar-refractivity contribution is -0.233. The molecular formula is C19H26O7. The minimum Gasteiger partial charge on any atom is -0.465 e. The molecule has 1 N–H and O–H groups in total. The van der Waals surface area contributed by atoms with Gasteiger partial charge in [-0.1, -0.05) is 18.6 Å². The van der Waals surface area contributed by atoms with Crippen LogP contribution in [0, 0.1) is 10.8 Å². The molecule has 0 amide bonds. The van der Waals surface area contributed by atoms with E-state index in [1.807, 2.05) is 13.8 Å². The first-order chi connectivity index (χ1) is 12.2. The van der Waals surface area contributed by atoms with E-state index in [0.717, 1.165) is 6.42 Å². The number of fused-ring (bicyclic) bond motifs is 2. The van der Waals surface area contributed by atoms with Crippen LogP contribution in [0.5, 0.6) is 0 Å². The van der Waals surface area contributed by atoms with Crippen molar-refractivity contribution in [2.24, 2.45) is 10.8 Å². The van der Waals surface area contributed by atoms with Crippen molar-refractivity contribution < 1.29 is 33.6 Å². The smallest absolute Gasteiger partial charge is 0.303 e. The maximum Gasteiger partial charge on any atom is 0.303 e. The highest BCUT2D eigenvalue weighted by Gasteiger charge is 2.85. The average molecular weight is 366 g/mol. The van der Waals surface area contributed by atoms with Gasteiger partial charge in [0, 0.05) is 19.3 Å². The molecule has 1 spiro atoms. The number of carbonyl (C=O) groups excluding carboxylic acids is 2. The molecule has 0 aromatic heterocycles. The summed E-state index contributed by atoms with van der Waals surface area (Å²) in [5.41, 5.74) is -0.890. The molecule has 144 valence electrons. The number of carbonyl (C=O) groups is 2. The summed E-state index contributed by atoms with van der Waals surface area (Å²) in [6, 6.07) is 0. The van der Waals surface area contributed by atoms with Gasteiger partial charge in [0.25, 0.3) is 0 Å². The molecule has 26 heavy (non-hydrogen) atoms. The zero-order valence-corrected chi connectivity index (χ0v) is 15.6. The summed E-state index contributed by atoms with van der Waals surface area (Å²) in [6.07, 6.45) is 0.896. The van der Waals surface area contributed by atoms with E-state index in [0.29, 0.717) is 13.0 Å². The summed E-state index contributed by atoms with van der Waals surface area (Å²) >= 11 is 0. The molecule has 2 saturated heterocycles. The highest BCUT2D eigenvalue weighted by atomic mass is 16.7. The monoisotopic (exact) mass is 366 g/mol. The van der Waals surface area contributed by atoms with Crippen molar-refractivity contribution in [3.8, 4) is 0 Å². The third-order valence-corrected chi connectivity index (χ3v) is 7.08. The number of ether oxygens (including phenoxy) is 4. The minimum absolute atomic E-state index is 0.135. The summed E-state index contributed by atoms with van der Waals surface area (Å²) in [6.45, 7) is 7.31. The Labute approximate surface area is 152 Å². The zero-order chi connectivity index (χ0) is 18.9. The SMILES string of the molecule is CC(=O)OCC12CCC(C)=CC1O[C@@H]1[C@H](O)[C@@H](OC(C)=O)[C@@]2(C)[C@]12CO2. The Hall–Kier alpha value is -1.44. The number of aliphatic hydroxyl groups is 1. The first kappa shape index (κ1) is 17.9. The molecular weight excluding hydrogens is 340 g/mol. The van der Waals surface area contributed by atoms with Crippen molar-refractivity contribution in [1.82, 2.24) is 0 Å². The van der Waals surface area contributed by atoms with Gasteiger partial charge < -0.3 is 24.1 Å². The van der Waals surface area contributed by atoms with E-state index in [4.69, 9.17) is 18.9 Å². The number of aliphatic hydroxyl groups excluding tert-OH is 1. The van der Waals surface area contributed by atoms with E-state index in [9.17, 15) is 14.7 Å². The molecule has 2 aliphatic heterocycles. The number of esters is 2. The molecule has 7 heteroatoms. The van der Waals surface area contributed by atoms with Crippen LogP contribution in [-0.4, -0.2) is 60.3 Å². The number of hydrogen-bond acceptors (Lipinski definition) is 7. The number of hydrogen-bond donors (Lipinski definition) is 1. The lowest BCUT2D eigenvalue weighted by Crippen LogP contribution is -2.66. The van der Waals surface area contributed by atoms with Crippen molar-refractivity contribution in [3.63, 3.8) is 0 Å². The Morgan fingerprint density at radius 3 is 2.62 bits per heavy atom. The van der Waals surface area contributed by atoms with Crippen LogP contribution in [0.15, 0.2) is 11.6 Å². The normalized spacial score (nSPS) is 48.6. The van der Waals surface area contributed by atoms with E-state index >= 15 is 0 Å². The van der Waals surface area contributed by atoms with Crippen molar-refractivity contribution in [3.05, 3.63) is 11.6 Å². The van der Waals surface area contributed by atoms with Crippen LogP contribution in [0.25, 0.3) is 0 Å². The molecule has 2 bridgehead atoms. The van der Waals surface area contributed by atoms with Crippen molar-refractivity contribution in [1.29, 1.82) is 0 Å². The van der Waals surface area contributed by atoms with E-state index in [-0.39, 0.29) is 18.7 Å². The molecule has 0 aromatic rings. The van der Waals surface area contributed by atoms with Gasteiger partial charge in [0.2, 0.25) is 0 Å². The fourth-order valence-electron chi connectivity index (χ4n) is 5.60. The molecule has 7 atom stereocenters. The van der Waals surface area contributed by atoms with Gasteiger partial charge in [-0.3, -0.25) is 9.59 Å². The highest BCUT2D eigenvalue weighted by Crippen LogP contribution is 2.72. The fourth-order valence-corrected chi connectivity index (χ4v) is 5.60. The Balaban J connectivity index is 1.86. The van der Waals surface area contributed by atoms with Crippen LogP contribution in [-0.2, 0) is 28.5 Å². The maximum atomic E-state index is 11.8. The van der Waals surface area contributed by atoms with Gasteiger partial charge in [-0.25, -0.2) is 0 Å². The van der Waals surface area contributed by atoms with Gasteiger partial charge >= 0.3 is 11.9 Å². The molecule has 4 rings (SSSR count). The topological polar surface area (TPSA) is 94.6 Å². The Bertz CT molecular complexity index is 681. The predicted octanol–water partition coefficient (Wildman–Crippen LogP) is 1.12. The quantitative estimate of drug-likeness (QED) is 0.454. The molecule has 0 radical (unpaired) electrons.